The molecule has 182 valence electrons. The van der Waals surface area contributed by atoms with Gasteiger partial charge in [0.25, 0.3) is 0 Å². The Labute approximate surface area is 194 Å². The summed E-state index contributed by atoms with van der Waals surface area (Å²) in [6.07, 6.45) is 1.84. The van der Waals surface area contributed by atoms with Crippen molar-refractivity contribution in [1.82, 2.24) is 14.5 Å². The Morgan fingerprint density at radius 2 is 1.61 bits per heavy atom. The van der Waals surface area contributed by atoms with Crippen molar-refractivity contribution < 1.29 is 32.3 Å². The molecule has 0 radical (unpaired) electrons. The smallest absolute Gasteiger partial charge is 0.409 e. The second-order valence-electron chi connectivity index (χ2n) is 8.16. The number of nitrogens with one attached hydrogen (secondary N) is 1. The van der Waals surface area contributed by atoms with E-state index in [9.17, 15) is 22.8 Å². The van der Waals surface area contributed by atoms with E-state index >= 15 is 0 Å². The standard InChI is InChI=1S/C22H31N3O7S/c1-3-32-21(27)17-4-6-19(7-5-17)33(29,30)25-14-8-16(9-15-25)20(26)23-18-10-12-24(13-11-18)22(28)31-2/h4-7,16,18H,3,8-15H2,1-2H3,(H,23,26). The predicted octanol–water partition coefficient (Wildman–Crippen LogP) is 1.61. The highest BCUT2D eigenvalue weighted by Crippen LogP contribution is 2.25. The van der Waals surface area contributed by atoms with E-state index in [1.165, 1.54) is 35.7 Å². The topological polar surface area (TPSA) is 122 Å². The van der Waals surface area contributed by atoms with E-state index in [0.29, 0.717) is 44.3 Å². The van der Waals surface area contributed by atoms with Crippen molar-refractivity contribution in [2.75, 3.05) is 39.9 Å². The highest BCUT2D eigenvalue weighted by molar-refractivity contribution is 7.89. The molecule has 0 unspecified atom stereocenters. The zero-order valence-corrected chi connectivity index (χ0v) is 19.8. The maximum atomic E-state index is 13.0. The molecule has 2 aliphatic heterocycles. The van der Waals surface area contributed by atoms with E-state index in [2.05, 4.69) is 5.32 Å². The van der Waals surface area contributed by atoms with Gasteiger partial charge in [-0.25, -0.2) is 18.0 Å². The van der Waals surface area contributed by atoms with Gasteiger partial charge in [0.2, 0.25) is 15.9 Å². The van der Waals surface area contributed by atoms with Crippen LogP contribution in [0.4, 0.5) is 4.79 Å². The third kappa shape index (κ3) is 6.02. The first-order chi connectivity index (χ1) is 15.8. The van der Waals surface area contributed by atoms with Crippen LogP contribution in [0.15, 0.2) is 29.2 Å². The van der Waals surface area contributed by atoms with Crippen LogP contribution in [0.5, 0.6) is 0 Å². The van der Waals surface area contributed by atoms with E-state index in [1.54, 1.807) is 11.8 Å². The third-order valence-electron chi connectivity index (χ3n) is 6.10. The lowest BCUT2D eigenvalue weighted by Crippen LogP contribution is -2.49. The first-order valence-corrected chi connectivity index (χ1v) is 12.6. The number of nitrogens with zero attached hydrogens (tertiary/aromatic N) is 2. The van der Waals surface area contributed by atoms with Gasteiger partial charge < -0.3 is 19.7 Å². The molecule has 0 bridgehead atoms. The van der Waals surface area contributed by atoms with Crippen LogP contribution >= 0.6 is 0 Å². The molecular formula is C22H31N3O7S. The summed E-state index contributed by atoms with van der Waals surface area (Å²) in [5, 5.41) is 3.05. The van der Waals surface area contributed by atoms with Gasteiger partial charge in [-0.15, -0.1) is 0 Å². The van der Waals surface area contributed by atoms with E-state index in [-0.39, 0.29) is 48.6 Å². The Bertz CT molecular complexity index is 949. The third-order valence-corrected chi connectivity index (χ3v) is 8.01. The van der Waals surface area contributed by atoms with Gasteiger partial charge in [0.05, 0.1) is 24.2 Å². The van der Waals surface area contributed by atoms with Crippen LogP contribution in [0, 0.1) is 5.92 Å². The highest BCUT2D eigenvalue weighted by atomic mass is 32.2. The van der Waals surface area contributed by atoms with Gasteiger partial charge in [0, 0.05) is 38.1 Å². The molecule has 2 fully saturated rings. The van der Waals surface area contributed by atoms with Crippen LogP contribution in [0.2, 0.25) is 0 Å². The van der Waals surface area contributed by atoms with Gasteiger partial charge in [0.1, 0.15) is 0 Å². The second-order valence-corrected chi connectivity index (χ2v) is 10.1. The fourth-order valence-corrected chi connectivity index (χ4v) is 5.61. The molecule has 1 aromatic rings. The van der Waals surface area contributed by atoms with Crippen LogP contribution in [0.3, 0.4) is 0 Å². The Kier molecular flexibility index (Phi) is 8.30. The molecule has 1 aromatic carbocycles. The van der Waals surface area contributed by atoms with Crippen molar-refractivity contribution in [2.45, 2.75) is 43.5 Å². The molecule has 2 saturated heterocycles. The predicted molar refractivity (Wildman–Crippen MR) is 119 cm³/mol. The zero-order valence-electron chi connectivity index (χ0n) is 19.0. The van der Waals surface area contributed by atoms with Gasteiger partial charge in [-0.1, -0.05) is 0 Å². The van der Waals surface area contributed by atoms with Crippen LogP contribution in [0.25, 0.3) is 0 Å². The summed E-state index contributed by atoms with van der Waals surface area (Å²) in [4.78, 5) is 37.8. The number of methoxy groups -OCH3 is 1. The number of hydrogen-bond acceptors (Lipinski definition) is 7. The maximum Gasteiger partial charge on any atom is 0.409 e. The van der Waals surface area contributed by atoms with E-state index in [4.69, 9.17) is 9.47 Å². The lowest BCUT2D eigenvalue weighted by Gasteiger charge is -2.34. The SMILES string of the molecule is CCOC(=O)c1ccc(S(=O)(=O)N2CCC(C(=O)NC3CCN(C(=O)OC)CC3)CC2)cc1. The molecule has 0 aromatic heterocycles. The molecule has 0 spiro atoms. The number of carbonyl (C=O) groups is 3. The van der Waals surface area contributed by atoms with E-state index in [1.807, 2.05) is 0 Å². The van der Waals surface area contributed by atoms with E-state index in [0.717, 1.165) is 0 Å². The lowest BCUT2D eigenvalue weighted by molar-refractivity contribution is -0.127. The fraction of sp³-hybridized carbons (Fsp3) is 0.591. The number of piperidine rings is 2. The number of carbonyl (C=O) groups excluding carboxylic acids is 3. The summed E-state index contributed by atoms with van der Waals surface area (Å²) >= 11 is 0. The number of hydrogen-bond donors (Lipinski definition) is 1. The van der Waals surface area contributed by atoms with Crippen molar-refractivity contribution in [3.63, 3.8) is 0 Å². The Morgan fingerprint density at radius 3 is 2.15 bits per heavy atom. The summed E-state index contributed by atoms with van der Waals surface area (Å²) in [6.45, 7) is 3.51. The average molecular weight is 482 g/mol. The minimum absolute atomic E-state index is 0.00178. The monoisotopic (exact) mass is 481 g/mol. The highest BCUT2D eigenvalue weighted by Gasteiger charge is 2.33. The second kappa shape index (κ2) is 11.0. The van der Waals surface area contributed by atoms with Crippen LogP contribution < -0.4 is 5.32 Å². The van der Waals surface area contributed by atoms with Gasteiger partial charge in [-0.2, -0.15) is 4.31 Å². The summed E-state index contributed by atoms with van der Waals surface area (Å²) in [7, 11) is -2.36. The van der Waals surface area contributed by atoms with Crippen LogP contribution in [0.1, 0.15) is 43.0 Å². The number of benzene rings is 1. The molecule has 33 heavy (non-hydrogen) atoms. The molecule has 2 amide bonds. The quantitative estimate of drug-likeness (QED) is 0.613. The van der Waals surface area contributed by atoms with Crippen LogP contribution in [-0.2, 0) is 24.3 Å². The molecule has 10 nitrogen and oxygen atoms in total. The largest absolute Gasteiger partial charge is 0.462 e. The number of rotatable bonds is 6. The Balaban J connectivity index is 1.50. The van der Waals surface area contributed by atoms with Crippen molar-refractivity contribution in [1.29, 1.82) is 0 Å². The zero-order chi connectivity index (χ0) is 24.0. The number of sulfonamides is 1. The van der Waals surface area contributed by atoms with Crippen molar-refractivity contribution in [2.24, 2.45) is 5.92 Å². The molecular weight excluding hydrogens is 450 g/mol. The fourth-order valence-electron chi connectivity index (χ4n) is 4.14. The van der Waals surface area contributed by atoms with Crippen molar-refractivity contribution in [3.8, 4) is 0 Å². The van der Waals surface area contributed by atoms with Crippen molar-refractivity contribution >= 4 is 28.0 Å². The molecule has 0 saturated carbocycles. The number of amides is 2. The van der Waals surface area contributed by atoms with Gasteiger partial charge in [-0.05, 0) is 56.9 Å². The van der Waals surface area contributed by atoms with Crippen molar-refractivity contribution in [3.05, 3.63) is 29.8 Å². The van der Waals surface area contributed by atoms with Gasteiger partial charge in [-0.3, -0.25) is 4.79 Å². The van der Waals surface area contributed by atoms with Gasteiger partial charge >= 0.3 is 12.1 Å². The molecule has 2 aliphatic rings. The van der Waals surface area contributed by atoms with Crippen LogP contribution in [-0.4, -0.2) is 81.5 Å². The minimum Gasteiger partial charge on any atom is -0.462 e. The number of esters is 1. The van der Waals surface area contributed by atoms with Gasteiger partial charge in [0.15, 0.2) is 0 Å². The molecule has 2 heterocycles. The first-order valence-electron chi connectivity index (χ1n) is 11.2. The lowest BCUT2D eigenvalue weighted by atomic mass is 9.96. The van der Waals surface area contributed by atoms with E-state index < -0.39 is 16.0 Å². The minimum atomic E-state index is -3.71. The first kappa shape index (κ1) is 25.0. The maximum absolute atomic E-state index is 13.0. The number of likely N-dealkylation sites (tertiary alicyclic amines) is 1. The molecule has 1 N–H and O–H groups in total. The Morgan fingerprint density at radius 1 is 1.00 bits per heavy atom. The molecule has 0 atom stereocenters. The number of ether oxygens (including phenoxy) is 2. The molecule has 0 aliphatic carbocycles. The summed E-state index contributed by atoms with van der Waals surface area (Å²) in [6, 6.07) is 5.69. The summed E-state index contributed by atoms with van der Waals surface area (Å²) in [5.74, 6) is -0.812. The average Bonchev–Trinajstić information content (AvgIpc) is 2.84. The summed E-state index contributed by atoms with van der Waals surface area (Å²) in [5.41, 5.74) is 0.295. The Hall–Kier alpha value is -2.66. The molecule has 11 heteroatoms. The summed E-state index contributed by atoms with van der Waals surface area (Å²) < 4.78 is 37.0. The molecule has 3 rings (SSSR count). The normalized spacial score (nSPS) is 18.5.